The highest BCUT2D eigenvalue weighted by molar-refractivity contribution is 9.10. The van der Waals surface area contributed by atoms with Gasteiger partial charge in [-0.2, -0.15) is 0 Å². The van der Waals surface area contributed by atoms with Crippen LogP contribution in [-0.2, 0) is 11.1 Å². The van der Waals surface area contributed by atoms with Gasteiger partial charge in [0.15, 0.2) is 10.1 Å². The number of hydrogen-bond acceptors (Lipinski definition) is 2. The van der Waals surface area contributed by atoms with Gasteiger partial charge in [-0.1, -0.05) is 17.7 Å². The molecule has 6 heteroatoms. The summed E-state index contributed by atoms with van der Waals surface area (Å²) in [7, 11) is 0. The molecule has 70 valence electrons. The summed E-state index contributed by atoms with van der Waals surface area (Å²) >= 11 is 10.6. The minimum absolute atomic E-state index is 0.619. The van der Waals surface area contributed by atoms with Gasteiger partial charge in [-0.25, -0.2) is 9.66 Å². The van der Waals surface area contributed by atoms with E-state index in [1.54, 1.807) is 4.68 Å². The topological polar surface area (TPSA) is 30.2 Å². The quantitative estimate of drug-likeness (QED) is 0.541. The van der Waals surface area contributed by atoms with Crippen molar-refractivity contribution in [1.82, 2.24) is 9.66 Å². The van der Waals surface area contributed by atoms with E-state index >= 15 is 0 Å². The van der Waals surface area contributed by atoms with Gasteiger partial charge in [-0.3, -0.25) is 0 Å². The Morgan fingerprint density at radius 2 is 2.29 bits per heavy atom. The Bertz CT molecular complexity index is 612. The van der Waals surface area contributed by atoms with Gasteiger partial charge in [0.25, 0.3) is 0 Å². The Morgan fingerprint density at radius 1 is 1.43 bits per heavy atom. The Morgan fingerprint density at radius 3 is 3.14 bits per heavy atom. The first-order valence-electron chi connectivity index (χ1n) is 3.85. The van der Waals surface area contributed by atoms with Crippen molar-refractivity contribution in [1.29, 1.82) is 0 Å². The van der Waals surface area contributed by atoms with Crippen molar-refractivity contribution in [3.05, 3.63) is 28.5 Å². The van der Waals surface area contributed by atoms with Crippen LogP contribution in [0.2, 0.25) is 0 Å². The molecule has 0 aliphatic carbocycles. The number of imidazole rings is 1. The van der Waals surface area contributed by atoms with Crippen molar-refractivity contribution in [3.8, 4) is 0 Å². The summed E-state index contributed by atoms with van der Waals surface area (Å²) in [6.07, 6.45) is 0. The number of rotatable bonds is 0. The fraction of sp³-hybridized carbons (Fsp3) is 0. The van der Waals surface area contributed by atoms with Crippen LogP contribution in [0.25, 0.3) is 11.0 Å². The van der Waals surface area contributed by atoms with E-state index in [0.29, 0.717) is 4.32 Å². The highest BCUT2D eigenvalue weighted by Gasteiger charge is 2.17. The highest BCUT2D eigenvalue weighted by atomic mass is 79.9. The summed E-state index contributed by atoms with van der Waals surface area (Å²) in [5.41, 5.74) is 1.86. The second-order valence-electron chi connectivity index (χ2n) is 2.80. The first kappa shape index (κ1) is 8.64. The van der Waals surface area contributed by atoms with Crippen molar-refractivity contribution < 1.29 is 0 Å². The van der Waals surface area contributed by atoms with Gasteiger partial charge in [0.05, 0.1) is 5.52 Å². The normalized spacial score (nSPS) is 14.0. The average molecular weight is 289 g/mol. The largest absolute Gasteiger partial charge is 0.224 e. The second kappa shape index (κ2) is 2.92. The Hall–Kier alpha value is -0.650. The molecule has 2 heterocycles. The molecule has 1 aliphatic rings. The van der Waals surface area contributed by atoms with Gasteiger partial charge in [0, 0.05) is 15.6 Å². The maximum atomic E-state index is 5.95. The molecule has 0 bridgehead atoms. The van der Waals surface area contributed by atoms with Crippen molar-refractivity contribution in [2.24, 2.45) is 4.47 Å². The zero-order valence-corrected chi connectivity index (χ0v) is 9.90. The second-order valence-corrected chi connectivity index (χ2v) is 5.01. The van der Waals surface area contributed by atoms with Crippen molar-refractivity contribution in [3.63, 3.8) is 0 Å². The van der Waals surface area contributed by atoms with E-state index in [9.17, 15) is 0 Å². The maximum absolute atomic E-state index is 5.95. The molecule has 3 rings (SSSR count). The van der Waals surface area contributed by atoms with Crippen LogP contribution in [0.1, 0.15) is 5.82 Å². The molecule has 0 radical (unpaired) electrons. The molecular formula is C8H3BrClN3S. The van der Waals surface area contributed by atoms with Crippen molar-refractivity contribution in [2.75, 3.05) is 0 Å². The molecule has 1 aliphatic heterocycles. The third-order valence-corrected chi connectivity index (χ3v) is 3.59. The molecule has 0 fully saturated rings. The molecule has 1 aromatic heterocycles. The Kier molecular flexibility index (Phi) is 1.80. The molecule has 14 heavy (non-hydrogen) atoms. The lowest BCUT2D eigenvalue weighted by molar-refractivity contribution is 0.927. The van der Waals surface area contributed by atoms with E-state index in [2.05, 4.69) is 25.4 Å². The minimum atomic E-state index is 0.619. The lowest BCUT2D eigenvalue weighted by Gasteiger charge is -1.93. The molecule has 1 aromatic carbocycles. The van der Waals surface area contributed by atoms with Gasteiger partial charge < -0.3 is 0 Å². The predicted octanol–water partition coefficient (Wildman–Crippen LogP) is 2.56. The summed E-state index contributed by atoms with van der Waals surface area (Å²) in [6, 6.07) is 5.87. The SMILES string of the molecule is ClC1=S=Nn2c1nc1c(Br)cccc12. The van der Waals surface area contributed by atoms with E-state index in [1.807, 2.05) is 18.2 Å². The van der Waals surface area contributed by atoms with Gasteiger partial charge >= 0.3 is 0 Å². The van der Waals surface area contributed by atoms with Gasteiger partial charge in [-0.15, -0.1) is 4.47 Å². The molecule has 0 saturated heterocycles. The summed E-state index contributed by atoms with van der Waals surface area (Å²) in [4.78, 5) is 4.41. The summed E-state index contributed by atoms with van der Waals surface area (Å²) in [5.74, 6) is 0.721. The fourth-order valence-electron chi connectivity index (χ4n) is 1.38. The minimum Gasteiger partial charge on any atom is -0.224 e. The number of benzene rings is 1. The molecule has 0 N–H and O–H groups in total. The Labute approximate surface area is 96.5 Å². The van der Waals surface area contributed by atoms with Crippen molar-refractivity contribution >= 4 is 54.0 Å². The number of halogens is 2. The van der Waals surface area contributed by atoms with Crippen LogP contribution in [0.15, 0.2) is 27.1 Å². The van der Waals surface area contributed by atoms with E-state index in [4.69, 9.17) is 11.6 Å². The molecule has 0 spiro atoms. The van der Waals surface area contributed by atoms with Crippen LogP contribution in [0.4, 0.5) is 0 Å². The lowest BCUT2D eigenvalue weighted by atomic mass is 10.3. The highest BCUT2D eigenvalue weighted by Crippen LogP contribution is 2.26. The zero-order valence-electron chi connectivity index (χ0n) is 6.74. The standard InChI is InChI=1S/C8H3BrClN3S/c9-4-2-1-3-5-6(4)11-8-7(10)14-12-13(5)8/h1-3H. The number of fused-ring (bicyclic) bond motifs is 3. The zero-order chi connectivity index (χ0) is 9.71. The van der Waals surface area contributed by atoms with Crippen LogP contribution < -0.4 is 0 Å². The van der Waals surface area contributed by atoms with E-state index in [1.165, 1.54) is 11.1 Å². The van der Waals surface area contributed by atoms with Gasteiger partial charge in [0.2, 0.25) is 0 Å². The van der Waals surface area contributed by atoms with Crippen LogP contribution >= 0.6 is 27.5 Å². The van der Waals surface area contributed by atoms with Crippen LogP contribution in [0, 0.1) is 0 Å². The van der Waals surface area contributed by atoms with Crippen LogP contribution in [0.5, 0.6) is 0 Å². The third kappa shape index (κ3) is 1.03. The number of hydrogen-bond donors (Lipinski definition) is 0. The summed E-state index contributed by atoms with van der Waals surface area (Å²) in [6.45, 7) is 0. The smallest absolute Gasteiger partial charge is 0.186 e. The van der Waals surface area contributed by atoms with Gasteiger partial charge in [0.1, 0.15) is 5.52 Å². The number of para-hydroxylation sites is 1. The lowest BCUT2D eigenvalue weighted by Crippen LogP contribution is -1.94. The Balaban J connectivity index is 2.48. The molecule has 3 nitrogen and oxygen atoms in total. The van der Waals surface area contributed by atoms with Crippen molar-refractivity contribution in [2.45, 2.75) is 0 Å². The molecule has 0 atom stereocenters. The summed E-state index contributed by atoms with van der Waals surface area (Å²) in [5, 5.41) is 0. The first-order valence-corrected chi connectivity index (χ1v) is 5.80. The fourth-order valence-corrected chi connectivity index (χ4v) is 2.57. The van der Waals surface area contributed by atoms with E-state index in [0.717, 1.165) is 21.3 Å². The van der Waals surface area contributed by atoms with Gasteiger partial charge in [-0.05, 0) is 28.1 Å². The van der Waals surface area contributed by atoms with Crippen LogP contribution in [-0.4, -0.2) is 14.0 Å². The molecule has 0 amide bonds. The molecule has 2 aromatic rings. The van der Waals surface area contributed by atoms with E-state index < -0.39 is 0 Å². The predicted molar refractivity (Wildman–Crippen MR) is 62.6 cm³/mol. The average Bonchev–Trinajstić information content (AvgIpc) is 2.69. The number of aromatic nitrogens is 2. The first-order chi connectivity index (χ1) is 6.77. The third-order valence-electron chi connectivity index (χ3n) is 1.99. The van der Waals surface area contributed by atoms with E-state index in [-0.39, 0.29) is 0 Å². The molecule has 0 unspecified atom stereocenters. The summed E-state index contributed by atoms with van der Waals surface area (Å²) < 4.78 is 7.53. The van der Waals surface area contributed by atoms with Crippen LogP contribution in [0.3, 0.4) is 0 Å². The number of nitrogens with zero attached hydrogens (tertiary/aromatic N) is 3. The maximum Gasteiger partial charge on any atom is 0.186 e. The molecule has 0 saturated carbocycles. The molecular weight excluding hydrogens is 286 g/mol. The monoisotopic (exact) mass is 287 g/mol.